The molecule has 1 heterocycles. The van der Waals surface area contributed by atoms with E-state index < -0.39 is 0 Å². The van der Waals surface area contributed by atoms with Gasteiger partial charge in [0, 0.05) is 19.3 Å². The second-order valence-corrected chi connectivity index (χ2v) is 4.29. The van der Waals surface area contributed by atoms with E-state index >= 15 is 0 Å². The number of nitrogens with one attached hydrogen (secondary N) is 1. The molecule has 4 heteroatoms. The maximum Gasteiger partial charge on any atom is 0.0888 e. The second-order valence-electron chi connectivity index (χ2n) is 4.29. The van der Waals surface area contributed by atoms with Gasteiger partial charge in [-0.2, -0.15) is 0 Å². The molecule has 0 saturated carbocycles. The van der Waals surface area contributed by atoms with Crippen LogP contribution in [-0.4, -0.2) is 43.7 Å². The predicted molar refractivity (Wildman–Crippen MR) is 69.8 cm³/mol. The Bertz CT molecular complexity index is 298. The van der Waals surface area contributed by atoms with Gasteiger partial charge in [-0.25, -0.2) is 0 Å². The van der Waals surface area contributed by atoms with Crippen LogP contribution >= 0.6 is 0 Å². The normalized spacial score (nSPS) is 11.1. The molecule has 0 bridgehead atoms. The van der Waals surface area contributed by atoms with Gasteiger partial charge in [0.2, 0.25) is 0 Å². The Labute approximate surface area is 104 Å². The highest BCUT2D eigenvalue weighted by Crippen LogP contribution is 2.01. The average molecular weight is 237 g/mol. The Morgan fingerprint density at radius 2 is 2.18 bits per heavy atom. The van der Waals surface area contributed by atoms with Crippen molar-refractivity contribution in [2.24, 2.45) is 0 Å². The van der Waals surface area contributed by atoms with Crippen molar-refractivity contribution in [2.75, 3.05) is 33.8 Å². The van der Waals surface area contributed by atoms with Crippen LogP contribution in [0.4, 0.5) is 0 Å². The number of hydrogen-bond donors (Lipinski definition) is 1. The Hall–Kier alpha value is -0.970. The molecule has 0 fully saturated rings. The summed E-state index contributed by atoms with van der Waals surface area (Å²) in [5.41, 5.74) is 2.20. The standard InChI is InChI=1S/C13H23N3O/c1-4-14-9-12-5-6-13(15-10-12)11-17-8-7-16(2)3/h5-6,10,14H,4,7-9,11H2,1-3H3. The summed E-state index contributed by atoms with van der Waals surface area (Å²) in [5, 5.41) is 3.27. The SMILES string of the molecule is CCNCc1ccc(COCCN(C)C)nc1. The van der Waals surface area contributed by atoms with Crippen LogP contribution in [0.5, 0.6) is 0 Å². The smallest absolute Gasteiger partial charge is 0.0888 e. The molecule has 0 aliphatic carbocycles. The summed E-state index contributed by atoms with van der Waals surface area (Å²) < 4.78 is 5.53. The van der Waals surface area contributed by atoms with E-state index in [9.17, 15) is 0 Å². The van der Waals surface area contributed by atoms with Crippen LogP contribution in [0.25, 0.3) is 0 Å². The fraction of sp³-hybridized carbons (Fsp3) is 0.615. The van der Waals surface area contributed by atoms with Gasteiger partial charge in [-0.05, 0) is 32.3 Å². The van der Waals surface area contributed by atoms with Crippen LogP contribution in [0.15, 0.2) is 18.3 Å². The Balaban J connectivity index is 2.25. The third kappa shape index (κ3) is 6.36. The highest BCUT2D eigenvalue weighted by Gasteiger charge is 1.97. The minimum atomic E-state index is 0.593. The summed E-state index contributed by atoms with van der Waals surface area (Å²) in [6.07, 6.45) is 1.91. The first-order valence-electron chi connectivity index (χ1n) is 6.09. The first-order chi connectivity index (χ1) is 8.22. The van der Waals surface area contributed by atoms with Crippen LogP contribution in [0.1, 0.15) is 18.2 Å². The minimum Gasteiger partial charge on any atom is -0.374 e. The van der Waals surface area contributed by atoms with Crippen LogP contribution in [0.2, 0.25) is 0 Å². The molecule has 0 atom stereocenters. The molecule has 17 heavy (non-hydrogen) atoms. The lowest BCUT2D eigenvalue weighted by Gasteiger charge is -2.09. The van der Waals surface area contributed by atoms with E-state index in [1.807, 2.05) is 26.4 Å². The van der Waals surface area contributed by atoms with Gasteiger partial charge in [0.1, 0.15) is 0 Å². The van der Waals surface area contributed by atoms with Crippen molar-refractivity contribution in [2.45, 2.75) is 20.1 Å². The van der Waals surface area contributed by atoms with Crippen molar-refractivity contribution in [3.8, 4) is 0 Å². The monoisotopic (exact) mass is 237 g/mol. The minimum absolute atomic E-state index is 0.593. The molecular formula is C13H23N3O. The number of hydrogen-bond acceptors (Lipinski definition) is 4. The van der Waals surface area contributed by atoms with Crippen LogP contribution < -0.4 is 5.32 Å². The molecule has 1 N–H and O–H groups in total. The second kappa shape index (κ2) is 8.17. The number of aromatic nitrogens is 1. The van der Waals surface area contributed by atoms with E-state index in [1.165, 1.54) is 5.56 Å². The fourth-order valence-corrected chi connectivity index (χ4v) is 1.34. The van der Waals surface area contributed by atoms with Gasteiger partial charge in [0.05, 0.1) is 18.9 Å². The number of nitrogens with zero attached hydrogens (tertiary/aromatic N) is 2. The lowest BCUT2D eigenvalue weighted by molar-refractivity contribution is 0.103. The van der Waals surface area contributed by atoms with E-state index in [4.69, 9.17) is 4.74 Å². The summed E-state index contributed by atoms with van der Waals surface area (Å²) in [6.45, 7) is 6.24. The molecule has 0 aliphatic rings. The molecule has 96 valence electrons. The topological polar surface area (TPSA) is 37.4 Å². The Morgan fingerprint density at radius 1 is 1.35 bits per heavy atom. The van der Waals surface area contributed by atoms with Crippen molar-refractivity contribution in [1.82, 2.24) is 15.2 Å². The molecule has 1 rings (SSSR count). The summed E-state index contributed by atoms with van der Waals surface area (Å²) >= 11 is 0. The van der Waals surface area contributed by atoms with Crippen molar-refractivity contribution in [3.05, 3.63) is 29.6 Å². The van der Waals surface area contributed by atoms with Gasteiger partial charge in [-0.15, -0.1) is 0 Å². The lowest BCUT2D eigenvalue weighted by Crippen LogP contribution is -2.18. The van der Waals surface area contributed by atoms with Gasteiger partial charge in [-0.1, -0.05) is 13.0 Å². The largest absolute Gasteiger partial charge is 0.374 e. The third-order valence-electron chi connectivity index (χ3n) is 2.40. The maximum absolute atomic E-state index is 5.53. The van der Waals surface area contributed by atoms with Gasteiger partial charge >= 0.3 is 0 Å². The highest BCUT2D eigenvalue weighted by atomic mass is 16.5. The summed E-state index contributed by atoms with van der Waals surface area (Å²) in [7, 11) is 4.08. The average Bonchev–Trinajstić information content (AvgIpc) is 2.33. The van der Waals surface area contributed by atoms with Gasteiger partial charge in [0.25, 0.3) is 0 Å². The molecule has 0 aliphatic heterocycles. The van der Waals surface area contributed by atoms with E-state index in [2.05, 4.69) is 28.2 Å². The molecular weight excluding hydrogens is 214 g/mol. The highest BCUT2D eigenvalue weighted by molar-refractivity contribution is 5.13. The zero-order valence-electron chi connectivity index (χ0n) is 11.1. The first-order valence-corrected chi connectivity index (χ1v) is 6.09. The Kier molecular flexibility index (Phi) is 6.77. The third-order valence-corrected chi connectivity index (χ3v) is 2.40. The van der Waals surface area contributed by atoms with Crippen LogP contribution in [0, 0.1) is 0 Å². The quantitative estimate of drug-likeness (QED) is 0.691. The number of pyridine rings is 1. The van der Waals surface area contributed by atoms with Crippen LogP contribution in [0.3, 0.4) is 0 Å². The zero-order chi connectivity index (χ0) is 12.5. The molecule has 0 saturated heterocycles. The molecule has 0 unspecified atom stereocenters. The van der Waals surface area contributed by atoms with Crippen LogP contribution in [-0.2, 0) is 17.9 Å². The van der Waals surface area contributed by atoms with Crippen molar-refractivity contribution in [1.29, 1.82) is 0 Å². The van der Waals surface area contributed by atoms with Crippen molar-refractivity contribution < 1.29 is 4.74 Å². The summed E-state index contributed by atoms with van der Waals surface area (Å²) in [5.74, 6) is 0. The van der Waals surface area contributed by atoms with E-state index in [1.54, 1.807) is 0 Å². The zero-order valence-corrected chi connectivity index (χ0v) is 11.1. The molecule has 1 aromatic heterocycles. The molecule has 0 amide bonds. The van der Waals surface area contributed by atoms with Crippen molar-refractivity contribution >= 4 is 0 Å². The van der Waals surface area contributed by atoms with Gasteiger partial charge in [0.15, 0.2) is 0 Å². The fourth-order valence-electron chi connectivity index (χ4n) is 1.34. The maximum atomic E-state index is 5.53. The molecule has 4 nitrogen and oxygen atoms in total. The predicted octanol–water partition coefficient (Wildman–Crippen LogP) is 1.27. The van der Waals surface area contributed by atoms with Gasteiger partial charge in [-0.3, -0.25) is 4.98 Å². The van der Waals surface area contributed by atoms with Gasteiger partial charge < -0.3 is 15.0 Å². The number of likely N-dealkylation sites (N-methyl/N-ethyl adjacent to an activating group) is 1. The molecule has 0 aromatic carbocycles. The molecule has 1 aromatic rings. The summed E-state index contributed by atoms with van der Waals surface area (Å²) in [4.78, 5) is 6.47. The lowest BCUT2D eigenvalue weighted by atomic mass is 10.2. The summed E-state index contributed by atoms with van der Waals surface area (Å²) in [6, 6.07) is 4.13. The number of ether oxygens (including phenoxy) is 1. The Morgan fingerprint density at radius 3 is 2.76 bits per heavy atom. The van der Waals surface area contributed by atoms with E-state index in [0.29, 0.717) is 6.61 Å². The molecule has 0 spiro atoms. The van der Waals surface area contributed by atoms with E-state index in [-0.39, 0.29) is 0 Å². The van der Waals surface area contributed by atoms with Crippen molar-refractivity contribution in [3.63, 3.8) is 0 Å². The number of rotatable bonds is 8. The molecule has 0 radical (unpaired) electrons. The van der Waals surface area contributed by atoms with E-state index in [0.717, 1.165) is 31.9 Å². The first kappa shape index (κ1) is 14.1.